The van der Waals surface area contributed by atoms with Crippen LogP contribution in [0.3, 0.4) is 0 Å². The minimum atomic E-state index is -0.929. The number of carbonyl (C=O) groups excluding carboxylic acids is 1. The first kappa shape index (κ1) is 14.5. The monoisotopic (exact) mass is 276 g/mol. The Labute approximate surface area is 118 Å². The minimum absolute atomic E-state index is 0.0501. The number of carboxylic acids is 1. The van der Waals surface area contributed by atoms with Gasteiger partial charge in [0.05, 0.1) is 5.54 Å². The molecule has 0 saturated carbocycles. The van der Waals surface area contributed by atoms with Gasteiger partial charge in [-0.05, 0) is 19.4 Å². The summed E-state index contributed by atoms with van der Waals surface area (Å²) in [5, 5.41) is 9.60. The third kappa shape index (κ3) is 2.41. The predicted molar refractivity (Wildman–Crippen MR) is 75.2 cm³/mol. The van der Waals surface area contributed by atoms with Gasteiger partial charge in [0.1, 0.15) is 6.04 Å². The number of benzene rings is 1. The van der Waals surface area contributed by atoms with E-state index in [9.17, 15) is 14.7 Å². The van der Waals surface area contributed by atoms with Crippen LogP contribution in [0.1, 0.15) is 25.5 Å². The summed E-state index contributed by atoms with van der Waals surface area (Å²) < 4.78 is 0. The van der Waals surface area contributed by atoms with Gasteiger partial charge in [-0.3, -0.25) is 14.5 Å². The Hall–Kier alpha value is -1.88. The van der Waals surface area contributed by atoms with Crippen LogP contribution in [0.15, 0.2) is 30.3 Å². The maximum absolute atomic E-state index is 12.3. The highest BCUT2D eigenvalue weighted by atomic mass is 16.4. The van der Waals surface area contributed by atoms with E-state index in [2.05, 4.69) is 0 Å². The molecule has 1 N–H and O–H groups in total. The molecular weight excluding hydrogens is 256 g/mol. The van der Waals surface area contributed by atoms with Crippen molar-refractivity contribution in [3.8, 4) is 0 Å². The van der Waals surface area contributed by atoms with E-state index >= 15 is 0 Å². The zero-order chi connectivity index (χ0) is 14.9. The highest BCUT2D eigenvalue weighted by Crippen LogP contribution is 2.32. The van der Waals surface area contributed by atoms with Gasteiger partial charge in [0.25, 0.3) is 0 Å². The molecule has 0 radical (unpaired) electrons. The molecule has 1 amide bonds. The number of carbonyl (C=O) groups is 2. The average Bonchev–Trinajstić information content (AvgIpc) is 2.40. The normalized spacial score (nSPS) is 20.8. The van der Waals surface area contributed by atoms with E-state index in [4.69, 9.17) is 0 Å². The number of hydrogen-bond donors (Lipinski definition) is 1. The fourth-order valence-electron chi connectivity index (χ4n) is 2.77. The Kier molecular flexibility index (Phi) is 3.81. The van der Waals surface area contributed by atoms with Gasteiger partial charge in [-0.1, -0.05) is 30.3 Å². The summed E-state index contributed by atoms with van der Waals surface area (Å²) in [5.74, 6) is -0.979. The first-order valence-corrected chi connectivity index (χ1v) is 6.65. The summed E-state index contributed by atoms with van der Waals surface area (Å²) in [7, 11) is 1.75. The van der Waals surface area contributed by atoms with Crippen LogP contribution in [0.2, 0.25) is 0 Å². The minimum Gasteiger partial charge on any atom is -0.480 e. The van der Waals surface area contributed by atoms with E-state index in [1.807, 2.05) is 18.2 Å². The second kappa shape index (κ2) is 5.25. The summed E-state index contributed by atoms with van der Waals surface area (Å²) in [5.41, 5.74) is -0.128. The van der Waals surface area contributed by atoms with Gasteiger partial charge in [-0.25, -0.2) is 0 Å². The zero-order valence-electron chi connectivity index (χ0n) is 12.0. The van der Waals surface area contributed by atoms with Crippen LogP contribution >= 0.6 is 0 Å². The summed E-state index contributed by atoms with van der Waals surface area (Å²) >= 11 is 0. The van der Waals surface area contributed by atoms with E-state index < -0.39 is 17.6 Å². The molecule has 0 spiro atoms. The van der Waals surface area contributed by atoms with Gasteiger partial charge >= 0.3 is 5.97 Å². The highest BCUT2D eigenvalue weighted by Gasteiger charge is 2.46. The van der Waals surface area contributed by atoms with Gasteiger partial charge in [0.15, 0.2) is 0 Å². The molecule has 0 aliphatic carbocycles. The topological polar surface area (TPSA) is 60.9 Å². The Bertz CT molecular complexity index is 513. The number of rotatable bonds is 3. The lowest BCUT2D eigenvalue weighted by atomic mass is 9.92. The maximum atomic E-state index is 12.3. The van der Waals surface area contributed by atoms with Crippen LogP contribution in [-0.4, -0.2) is 52.5 Å². The number of nitrogens with zero attached hydrogens (tertiary/aromatic N) is 2. The molecule has 1 aliphatic rings. The van der Waals surface area contributed by atoms with Gasteiger partial charge in [-0.15, -0.1) is 0 Å². The molecule has 0 bridgehead atoms. The van der Waals surface area contributed by atoms with Crippen LogP contribution in [0.25, 0.3) is 0 Å². The van der Waals surface area contributed by atoms with Crippen molar-refractivity contribution in [2.24, 2.45) is 0 Å². The number of piperazine rings is 1. The number of hydrogen-bond acceptors (Lipinski definition) is 3. The van der Waals surface area contributed by atoms with Gasteiger partial charge in [0, 0.05) is 20.1 Å². The van der Waals surface area contributed by atoms with Crippen molar-refractivity contribution in [3.63, 3.8) is 0 Å². The van der Waals surface area contributed by atoms with Crippen molar-refractivity contribution in [2.45, 2.75) is 25.4 Å². The van der Waals surface area contributed by atoms with E-state index in [0.717, 1.165) is 0 Å². The third-order valence-corrected chi connectivity index (χ3v) is 3.93. The molecule has 2 rings (SSSR count). The molecule has 5 nitrogen and oxygen atoms in total. The maximum Gasteiger partial charge on any atom is 0.325 e. The summed E-state index contributed by atoms with van der Waals surface area (Å²) in [6, 6.07) is 8.26. The average molecular weight is 276 g/mol. The molecule has 1 fully saturated rings. The molecule has 1 aromatic rings. The number of amides is 1. The molecule has 5 heteroatoms. The summed E-state index contributed by atoms with van der Waals surface area (Å²) in [6.07, 6.45) is 0. The van der Waals surface area contributed by atoms with Crippen LogP contribution in [-0.2, 0) is 9.59 Å². The third-order valence-electron chi connectivity index (χ3n) is 3.93. The van der Waals surface area contributed by atoms with E-state index in [1.54, 1.807) is 42.8 Å². The molecular formula is C15H20N2O3. The van der Waals surface area contributed by atoms with Gasteiger partial charge in [0.2, 0.25) is 5.91 Å². The van der Waals surface area contributed by atoms with Crippen LogP contribution in [0, 0.1) is 0 Å². The molecule has 1 atom stereocenters. The van der Waals surface area contributed by atoms with Gasteiger partial charge in [-0.2, -0.15) is 0 Å². The van der Waals surface area contributed by atoms with Crippen LogP contribution < -0.4 is 0 Å². The SMILES string of the molecule is CN1CCN(C(C(=O)O)c2ccccc2)C(C)(C)C1=O. The molecule has 1 saturated heterocycles. The zero-order valence-corrected chi connectivity index (χ0v) is 12.0. The van der Waals surface area contributed by atoms with Crippen molar-refractivity contribution in [3.05, 3.63) is 35.9 Å². The predicted octanol–water partition coefficient (Wildman–Crippen LogP) is 1.36. The first-order valence-electron chi connectivity index (χ1n) is 6.65. The van der Waals surface area contributed by atoms with Crippen LogP contribution in [0.5, 0.6) is 0 Å². The number of aliphatic carboxylic acids is 1. The largest absolute Gasteiger partial charge is 0.480 e. The first-order chi connectivity index (χ1) is 9.35. The van der Waals surface area contributed by atoms with Crippen molar-refractivity contribution in [2.75, 3.05) is 20.1 Å². The smallest absolute Gasteiger partial charge is 0.325 e. The molecule has 108 valence electrons. The lowest BCUT2D eigenvalue weighted by Gasteiger charge is -2.47. The van der Waals surface area contributed by atoms with E-state index in [1.165, 1.54) is 0 Å². The fraction of sp³-hybridized carbons (Fsp3) is 0.467. The Balaban J connectivity index is 2.40. The Morgan fingerprint density at radius 1 is 1.25 bits per heavy atom. The Morgan fingerprint density at radius 2 is 1.85 bits per heavy atom. The lowest BCUT2D eigenvalue weighted by molar-refractivity contribution is -0.158. The molecule has 1 unspecified atom stereocenters. The highest BCUT2D eigenvalue weighted by molar-refractivity contribution is 5.87. The van der Waals surface area contributed by atoms with E-state index in [-0.39, 0.29) is 5.91 Å². The van der Waals surface area contributed by atoms with Gasteiger partial charge < -0.3 is 10.0 Å². The molecule has 1 aromatic carbocycles. The second-order valence-corrected chi connectivity index (χ2v) is 5.63. The molecule has 20 heavy (non-hydrogen) atoms. The summed E-state index contributed by atoms with van der Waals surface area (Å²) in [4.78, 5) is 27.4. The second-order valence-electron chi connectivity index (χ2n) is 5.63. The standard InChI is InChI=1S/C15H20N2O3/c1-15(2)14(20)16(3)9-10-17(15)12(13(18)19)11-7-5-4-6-8-11/h4-8,12H,9-10H2,1-3H3,(H,18,19). The van der Waals surface area contributed by atoms with E-state index in [0.29, 0.717) is 18.7 Å². The molecule has 1 heterocycles. The summed E-state index contributed by atoms with van der Waals surface area (Å²) in [6.45, 7) is 4.65. The van der Waals surface area contributed by atoms with Crippen molar-refractivity contribution < 1.29 is 14.7 Å². The lowest BCUT2D eigenvalue weighted by Crippen LogP contribution is -2.63. The van der Waals surface area contributed by atoms with Crippen molar-refractivity contribution in [1.82, 2.24) is 9.80 Å². The number of carboxylic acid groups (broad SMARTS) is 1. The fourth-order valence-corrected chi connectivity index (χ4v) is 2.77. The molecule has 1 aliphatic heterocycles. The number of likely N-dealkylation sites (N-methyl/N-ethyl adjacent to an activating group) is 1. The quantitative estimate of drug-likeness (QED) is 0.905. The molecule has 0 aromatic heterocycles. The van der Waals surface area contributed by atoms with Crippen LogP contribution in [0.4, 0.5) is 0 Å². The van der Waals surface area contributed by atoms with Crippen molar-refractivity contribution >= 4 is 11.9 Å². The Morgan fingerprint density at radius 3 is 2.40 bits per heavy atom. The van der Waals surface area contributed by atoms with Crippen molar-refractivity contribution in [1.29, 1.82) is 0 Å².